The smallest absolute Gasteiger partial charge is 0.306 e. The average molecular weight is 326 g/mol. The SMILES string of the molecule is CCCCCOC(=O)CCc1c(O)cccc1Cc1ccccc1. The Balaban J connectivity index is 1.95. The Morgan fingerprint density at radius 2 is 1.83 bits per heavy atom. The standard InChI is InChI=1S/C21H26O3/c1-2-3-7-15-24-21(23)14-13-19-18(11-8-12-20(19)22)16-17-9-5-4-6-10-17/h4-6,8-12,22H,2-3,7,13-16H2,1H3. The van der Waals surface area contributed by atoms with Gasteiger partial charge in [-0.25, -0.2) is 0 Å². The molecule has 0 fully saturated rings. The lowest BCUT2D eigenvalue weighted by atomic mass is 9.96. The fraction of sp³-hybridized carbons (Fsp3) is 0.381. The second-order valence-corrected chi connectivity index (χ2v) is 6.00. The first-order valence-electron chi connectivity index (χ1n) is 8.70. The van der Waals surface area contributed by atoms with Gasteiger partial charge in [0, 0.05) is 6.42 Å². The summed E-state index contributed by atoms with van der Waals surface area (Å²) in [5, 5.41) is 10.2. The third-order valence-corrected chi connectivity index (χ3v) is 4.08. The summed E-state index contributed by atoms with van der Waals surface area (Å²) in [7, 11) is 0. The molecule has 0 aliphatic carbocycles. The Bertz CT molecular complexity index is 635. The Morgan fingerprint density at radius 3 is 2.58 bits per heavy atom. The number of benzene rings is 2. The molecule has 0 amide bonds. The number of esters is 1. The minimum absolute atomic E-state index is 0.194. The van der Waals surface area contributed by atoms with Crippen molar-refractivity contribution < 1.29 is 14.6 Å². The van der Waals surface area contributed by atoms with Gasteiger partial charge in [0.05, 0.1) is 6.61 Å². The van der Waals surface area contributed by atoms with Crippen LogP contribution in [0.2, 0.25) is 0 Å². The number of hydrogen-bond acceptors (Lipinski definition) is 3. The second kappa shape index (κ2) is 9.76. The first-order chi connectivity index (χ1) is 11.7. The summed E-state index contributed by atoms with van der Waals surface area (Å²) in [5.41, 5.74) is 3.08. The Labute approximate surface area is 144 Å². The summed E-state index contributed by atoms with van der Waals surface area (Å²) >= 11 is 0. The van der Waals surface area contributed by atoms with Gasteiger partial charge in [-0.3, -0.25) is 4.79 Å². The van der Waals surface area contributed by atoms with Gasteiger partial charge in [0.2, 0.25) is 0 Å². The average Bonchev–Trinajstić information content (AvgIpc) is 2.59. The zero-order chi connectivity index (χ0) is 17.2. The van der Waals surface area contributed by atoms with Crippen LogP contribution in [0.1, 0.15) is 49.3 Å². The lowest BCUT2D eigenvalue weighted by Crippen LogP contribution is -2.08. The molecule has 0 atom stereocenters. The van der Waals surface area contributed by atoms with Crippen molar-refractivity contribution in [2.24, 2.45) is 0 Å². The van der Waals surface area contributed by atoms with E-state index >= 15 is 0 Å². The van der Waals surface area contributed by atoms with Gasteiger partial charge < -0.3 is 9.84 Å². The molecular weight excluding hydrogens is 300 g/mol. The molecule has 24 heavy (non-hydrogen) atoms. The van der Waals surface area contributed by atoms with Crippen molar-refractivity contribution in [1.29, 1.82) is 0 Å². The van der Waals surface area contributed by atoms with Crippen LogP contribution in [0.25, 0.3) is 0 Å². The minimum atomic E-state index is -0.194. The molecule has 3 nitrogen and oxygen atoms in total. The third-order valence-electron chi connectivity index (χ3n) is 4.08. The molecule has 0 radical (unpaired) electrons. The summed E-state index contributed by atoms with van der Waals surface area (Å²) in [4.78, 5) is 11.9. The van der Waals surface area contributed by atoms with Crippen molar-refractivity contribution in [3.05, 3.63) is 65.2 Å². The molecule has 128 valence electrons. The molecule has 0 spiro atoms. The number of aromatic hydroxyl groups is 1. The number of carbonyl (C=O) groups excluding carboxylic acids is 1. The van der Waals surface area contributed by atoms with Crippen LogP contribution in [0.5, 0.6) is 5.75 Å². The number of phenolic OH excluding ortho intramolecular Hbond substituents is 1. The van der Waals surface area contributed by atoms with Crippen LogP contribution in [0.4, 0.5) is 0 Å². The monoisotopic (exact) mass is 326 g/mol. The first-order valence-corrected chi connectivity index (χ1v) is 8.70. The number of ether oxygens (including phenoxy) is 1. The van der Waals surface area contributed by atoms with Gasteiger partial charge in [0.15, 0.2) is 0 Å². The summed E-state index contributed by atoms with van der Waals surface area (Å²) < 4.78 is 5.24. The fourth-order valence-electron chi connectivity index (χ4n) is 2.73. The number of rotatable bonds is 9. The van der Waals surface area contributed by atoms with E-state index in [2.05, 4.69) is 19.1 Å². The molecule has 1 N–H and O–H groups in total. The van der Waals surface area contributed by atoms with Crippen molar-refractivity contribution in [2.45, 2.75) is 45.4 Å². The maximum absolute atomic E-state index is 11.9. The van der Waals surface area contributed by atoms with E-state index in [-0.39, 0.29) is 11.7 Å². The van der Waals surface area contributed by atoms with Gasteiger partial charge in [-0.15, -0.1) is 0 Å². The van der Waals surface area contributed by atoms with Crippen LogP contribution in [0.3, 0.4) is 0 Å². The van der Waals surface area contributed by atoms with E-state index in [4.69, 9.17) is 4.74 Å². The molecule has 0 heterocycles. The summed E-state index contributed by atoms with van der Waals surface area (Å²) in [6, 6.07) is 15.7. The fourth-order valence-corrected chi connectivity index (χ4v) is 2.73. The second-order valence-electron chi connectivity index (χ2n) is 6.00. The number of hydrogen-bond donors (Lipinski definition) is 1. The van der Waals surface area contributed by atoms with Crippen LogP contribution in [-0.2, 0) is 22.4 Å². The Kier molecular flexibility index (Phi) is 7.34. The highest BCUT2D eigenvalue weighted by atomic mass is 16.5. The zero-order valence-corrected chi connectivity index (χ0v) is 14.3. The van der Waals surface area contributed by atoms with Crippen LogP contribution in [0, 0.1) is 0 Å². The van der Waals surface area contributed by atoms with E-state index < -0.39 is 0 Å². The molecule has 0 aliphatic rings. The van der Waals surface area contributed by atoms with E-state index in [1.54, 1.807) is 6.07 Å². The predicted molar refractivity (Wildman–Crippen MR) is 96.2 cm³/mol. The van der Waals surface area contributed by atoms with Crippen LogP contribution in [0.15, 0.2) is 48.5 Å². The minimum Gasteiger partial charge on any atom is -0.508 e. The van der Waals surface area contributed by atoms with Crippen molar-refractivity contribution in [1.82, 2.24) is 0 Å². The highest BCUT2D eigenvalue weighted by Crippen LogP contribution is 2.25. The Hall–Kier alpha value is -2.29. The Morgan fingerprint density at radius 1 is 1.04 bits per heavy atom. The van der Waals surface area contributed by atoms with Crippen molar-refractivity contribution >= 4 is 5.97 Å². The molecule has 2 aromatic rings. The van der Waals surface area contributed by atoms with E-state index in [1.807, 2.05) is 30.3 Å². The molecule has 0 aliphatic heterocycles. The maximum atomic E-state index is 11.9. The first kappa shape index (κ1) is 18.1. The quantitative estimate of drug-likeness (QED) is 0.539. The molecule has 3 heteroatoms. The lowest BCUT2D eigenvalue weighted by molar-refractivity contribution is -0.143. The van der Waals surface area contributed by atoms with Crippen molar-refractivity contribution in [3.63, 3.8) is 0 Å². The van der Waals surface area contributed by atoms with Gasteiger partial charge in [-0.1, -0.05) is 62.2 Å². The van der Waals surface area contributed by atoms with E-state index in [1.165, 1.54) is 5.56 Å². The van der Waals surface area contributed by atoms with Crippen LogP contribution in [-0.4, -0.2) is 17.7 Å². The number of phenols is 1. The van der Waals surface area contributed by atoms with Crippen molar-refractivity contribution in [2.75, 3.05) is 6.61 Å². The number of carbonyl (C=O) groups is 1. The lowest BCUT2D eigenvalue weighted by Gasteiger charge is -2.12. The van der Waals surface area contributed by atoms with Gasteiger partial charge >= 0.3 is 5.97 Å². The van der Waals surface area contributed by atoms with Gasteiger partial charge in [0.1, 0.15) is 5.75 Å². The van der Waals surface area contributed by atoms with Gasteiger partial charge in [-0.2, -0.15) is 0 Å². The molecule has 2 aromatic carbocycles. The summed E-state index contributed by atoms with van der Waals surface area (Å²) in [6.07, 6.45) is 4.65. The molecule has 0 saturated carbocycles. The predicted octanol–water partition coefficient (Wildman–Crippen LogP) is 4.65. The van der Waals surface area contributed by atoms with E-state index in [0.29, 0.717) is 19.4 Å². The topological polar surface area (TPSA) is 46.5 Å². The largest absolute Gasteiger partial charge is 0.508 e. The van der Waals surface area contributed by atoms with Gasteiger partial charge in [0.25, 0.3) is 0 Å². The summed E-state index contributed by atoms with van der Waals surface area (Å²) in [5.74, 6) is 0.0576. The molecule has 2 rings (SSSR count). The van der Waals surface area contributed by atoms with E-state index in [9.17, 15) is 9.90 Å². The third kappa shape index (κ3) is 5.73. The molecule has 0 saturated heterocycles. The molecule has 0 unspecified atom stereocenters. The highest BCUT2D eigenvalue weighted by Gasteiger charge is 2.11. The number of unbranched alkanes of at least 4 members (excludes halogenated alkanes) is 2. The van der Waals surface area contributed by atoms with Crippen LogP contribution >= 0.6 is 0 Å². The maximum Gasteiger partial charge on any atom is 0.306 e. The molecule has 0 aromatic heterocycles. The highest BCUT2D eigenvalue weighted by molar-refractivity contribution is 5.70. The van der Waals surface area contributed by atoms with Gasteiger partial charge in [-0.05, 0) is 42.0 Å². The zero-order valence-electron chi connectivity index (χ0n) is 14.3. The normalized spacial score (nSPS) is 10.5. The molecular formula is C21H26O3. The van der Waals surface area contributed by atoms with Crippen LogP contribution < -0.4 is 0 Å². The van der Waals surface area contributed by atoms with E-state index in [0.717, 1.165) is 36.8 Å². The van der Waals surface area contributed by atoms with Crippen molar-refractivity contribution in [3.8, 4) is 5.75 Å². The molecule has 0 bridgehead atoms. The summed E-state index contributed by atoms with van der Waals surface area (Å²) in [6.45, 7) is 2.61.